The van der Waals surface area contributed by atoms with Gasteiger partial charge in [-0.25, -0.2) is 4.39 Å². The van der Waals surface area contributed by atoms with Gasteiger partial charge in [0.1, 0.15) is 5.82 Å². The van der Waals surface area contributed by atoms with Gasteiger partial charge in [-0.05, 0) is 18.7 Å². The molecule has 0 bridgehead atoms. The van der Waals surface area contributed by atoms with Gasteiger partial charge in [-0.1, -0.05) is 13.0 Å². The first-order valence-corrected chi connectivity index (χ1v) is 6.72. The lowest BCUT2D eigenvalue weighted by molar-refractivity contribution is -0.140. The highest BCUT2D eigenvalue weighted by Crippen LogP contribution is 2.32. The van der Waals surface area contributed by atoms with E-state index in [2.05, 4.69) is 4.90 Å². The van der Waals surface area contributed by atoms with E-state index < -0.39 is 29.0 Å². The van der Waals surface area contributed by atoms with E-state index >= 15 is 0 Å². The molecule has 116 valence electrons. The molecule has 0 aromatic heterocycles. The highest BCUT2D eigenvalue weighted by Gasteiger charge is 2.36. The number of nitrogens with zero attached hydrogens (tertiary/aromatic N) is 2. The first kappa shape index (κ1) is 15.8. The maximum absolute atomic E-state index is 13.9. The Bertz CT molecular complexity index is 522. The summed E-state index contributed by atoms with van der Waals surface area (Å²) >= 11 is 0. The Morgan fingerprint density at radius 1 is 1.19 bits per heavy atom. The van der Waals surface area contributed by atoms with Crippen molar-refractivity contribution in [3.05, 3.63) is 35.1 Å². The Balaban J connectivity index is 2.21. The summed E-state index contributed by atoms with van der Waals surface area (Å²) in [5.74, 6) is -2.18. The van der Waals surface area contributed by atoms with Gasteiger partial charge in [-0.2, -0.15) is 13.2 Å². The molecule has 1 saturated heterocycles. The molecule has 1 amide bonds. The van der Waals surface area contributed by atoms with Gasteiger partial charge in [-0.3, -0.25) is 4.79 Å². The summed E-state index contributed by atoms with van der Waals surface area (Å²) in [6.45, 7) is 4.90. The Labute approximate surface area is 120 Å². The largest absolute Gasteiger partial charge is 0.419 e. The summed E-state index contributed by atoms with van der Waals surface area (Å²) in [6.07, 6.45) is -4.80. The fourth-order valence-electron chi connectivity index (χ4n) is 2.35. The minimum absolute atomic E-state index is 0.391. The van der Waals surface area contributed by atoms with Crippen molar-refractivity contribution in [3.63, 3.8) is 0 Å². The minimum Gasteiger partial charge on any atom is -0.336 e. The molecule has 0 spiro atoms. The summed E-state index contributed by atoms with van der Waals surface area (Å²) in [4.78, 5) is 15.7. The number of hydrogen-bond donors (Lipinski definition) is 0. The summed E-state index contributed by atoms with van der Waals surface area (Å²) in [7, 11) is 0. The Morgan fingerprint density at radius 3 is 2.33 bits per heavy atom. The van der Waals surface area contributed by atoms with Crippen molar-refractivity contribution in [1.29, 1.82) is 0 Å². The van der Waals surface area contributed by atoms with Gasteiger partial charge < -0.3 is 9.80 Å². The topological polar surface area (TPSA) is 23.6 Å². The van der Waals surface area contributed by atoms with Gasteiger partial charge in [-0.15, -0.1) is 0 Å². The van der Waals surface area contributed by atoms with E-state index in [-0.39, 0.29) is 0 Å². The van der Waals surface area contributed by atoms with Crippen molar-refractivity contribution >= 4 is 5.91 Å². The lowest BCUT2D eigenvalue weighted by Crippen LogP contribution is -2.48. The smallest absolute Gasteiger partial charge is 0.336 e. The number of amides is 1. The lowest BCUT2D eigenvalue weighted by atomic mass is 10.1. The van der Waals surface area contributed by atoms with Gasteiger partial charge in [0.25, 0.3) is 5.91 Å². The fraction of sp³-hybridized carbons (Fsp3) is 0.500. The van der Waals surface area contributed by atoms with E-state index in [1.165, 1.54) is 4.90 Å². The van der Waals surface area contributed by atoms with Crippen LogP contribution in [0, 0.1) is 5.82 Å². The summed E-state index contributed by atoms with van der Waals surface area (Å²) in [6, 6.07) is 2.79. The number of rotatable bonds is 2. The number of piperazine rings is 1. The second-order valence-corrected chi connectivity index (χ2v) is 4.89. The van der Waals surface area contributed by atoms with E-state index in [0.29, 0.717) is 32.2 Å². The second-order valence-electron chi connectivity index (χ2n) is 4.89. The standard InChI is InChI=1S/C14H16F4N2O/c1-2-19-6-8-20(9-7-19)13(21)10-4-3-5-11(12(10)15)14(16,17)18/h3-5H,2,6-9H2,1H3. The molecule has 21 heavy (non-hydrogen) atoms. The van der Waals surface area contributed by atoms with Crippen molar-refractivity contribution in [2.75, 3.05) is 32.7 Å². The van der Waals surface area contributed by atoms with Crippen LogP contribution in [0.25, 0.3) is 0 Å². The quantitative estimate of drug-likeness (QED) is 0.784. The number of alkyl halides is 3. The third-order valence-electron chi connectivity index (χ3n) is 3.64. The van der Waals surface area contributed by atoms with Crippen LogP contribution in [-0.2, 0) is 6.18 Å². The highest BCUT2D eigenvalue weighted by atomic mass is 19.4. The summed E-state index contributed by atoms with van der Waals surface area (Å²) in [5.41, 5.74) is -1.92. The molecule has 1 aromatic carbocycles. The van der Waals surface area contributed by atoms with Crippen molar-refractivity contribution in [2.45, 2.75) is 13.1 Å². The van der Waals surface area contributed by atoms with E-state index in [4.69, 9.17) is 0 Å². The Morgan fingerprint density at radius 2 is 1.81 bits per heavy atom. The maximum Gasteiger partial charge on any atom is 0.419 e. The molecule has 1 heterocycles. The van der Waals surface area contributed by atoms with Crippen LogP contribution in [0.15, 0.2) is 18.2 Å². The zero-order valence-corrected chi connectivity index (χ0v) is 11.6. The average molecular weight is 304 g/mol. The molecule has 7 heteroatoms. The SMILES string of the molecule is CCN1CCN(C(=O)c2cccc(C(F)(F)F)c2F)CC1. The maximum atomic E-state index is 13.9. The van der Waals surface area contributed by atoms with Gasteiger partial charge in [0.15, 0.2) is 0 Å². The fourth-order valence-corrected chi connectivity index (χ4v) is 2.35. The predicted octanol–water partition coefficient (Wildman–Crippen LogP) is 2.62. The van der Waals surface area contributed by atoms with Crippen molar-refractivity contribution in [1.82, 2.24) is 9.80 Å². The number of benzene rings is 1. The van der Waals surface area contributed by atoms with Crippen LogP contribution in [0.2, 0.25) is 0 Å². The number of halogens is 4. The normalized spacial score (nSPS) is 17.1. The molecule has 1 aromatic rings. The third-order valence-corrected chi connectivity index (χ3v) is 3.64. The first-order chi connectivity index (χ1) is 9.84. The monoisotopic (exact) mass is 304 g/mol. The molecule has 2 rings (SSSR count). The van der Waals surface area contributed by atoms with Gasteiger partial charge >= 0.3 is 6.18 Å². The van der Waals surface area contributed by atoms with Crippen molar-refractivity contribution < 1.29 is 22.4 Å². The highest BCUT2D eigenvalue weighted by molar-refractivity contribution is 5.94. The van der Waals surface area contributed by atoms with Crippen LogP contribution in [-0.4, -0.2) is 48.4 Å². The van der Waals surface area contributed by atoms with E-state index in [9.17, 15) is 22.4 Å². The van der Waals surface area contributed by atoms with Crippen LogP contribution < -0.4 is 0 Å². The summed E-state index contributed by atoms with van der Waals surface area (Å²) < 4.78 is 51.9. The molecule has 3 nitrogen and oxygen atoms in total. The number of carbonyl (C=O) groups is 1. The Hall–Kier alpha value is -1.63. The molecule has 0 radical (unpaired) electrons. The van der Waals surface area contributed by atoms with Gasteiger partial charge in [0, 0.05) is 26.2 Å². The Kier molecular flexibility index (Phi) is 4.51. The van der Waals surface area contributed by atoms with Crippen molar-refractivity contribution in [2.24, 2.45) is 0 Å². The minimum atomic E-state index is -4.80. The van der Waals surface area contributed by atoms with E-state index in [1.54, 1.807) is 0 Å². The molecular weight excluding hydrogens is 288 g/mol. The lowest BCUT2D eigenvalue weighted by Gasteiger charge is -2.34. The predicted molar refractivity (Wildman–Crippen MR) is 69.4 cm³/mol. The van der Waals surface area contributed by atoms with Gasteiger partial charge in [0.2, 0.25) is 0 Å². The number of hydrogen-bond acceptors (Lipinski definition) is 2. The molecular formula is C14H16F4N2O. The van der Waals surface area contributed by atoms with Crippen molar-refractivity contribution in [3.8, 4) is 0 Å². The summed E-state index contributed by atoms with van der Waals surface area (Å²) in [5, 5.41) is 0. The van der Waals surface area contributed by atoms with Crippen LogP contribution >= 0.6 is 0 Å². The molecule has 1 fully saturated rings. The first-order valence-electron chi connectivity index (χ1n) is 6.72. The molecule has 1 aliphatic heterocycles. The zero-order valence-electron chi connectivity index (χ0n) is 11.6. The van der Waals surface area contributed by atoms with Crippen LogP contribution in [0.3, 0.4) is 0 Å². The third kappa shape index (κ3) is 3.34. The average Bonchev–Trinajstić information content (AvgIpc) is 2.45. The van der Waals surface area contributed by atoms with E-state index in [1.807, 2.05) is 6.92 Å². The second kappa shape index (κ2) is 6.01. The molecule has 0 saturated carbocycles. The van der Waals surface area contributed by atoms with Crippen LogP contribution in [0.4, 0.5) is 17.6 Å². The zero-order chi connectivity index (χ0) is 15.6. The molecule has 1 aliphatic rings. The number of carbonyl (C=O) groups excluding carboxylic acids is 1. The molecule has 0 aliphatic carbocycles. The van der Waals surface area contributed by atoms with Gasteiger partial charge in [0.05, 0.1) is 11.1 Å². The van der Waals surface area contributed by atoms with E-state index in [0.717, 1.165) is 18.7 Å². The van der Waals surface area contributed by atoms with Crippen LogP contribution in [0.1, 0.15) is 22.8 Å². The number of likely N-dealkylation sites (N-methyl/N-ethyl adjacent to an activating group) is 1. The van der Waals surface area contributed by atoms with Crippen LogP contribution in [0.5, 0.6) is 0 Å². The molecule has 0 N–H and O–H groups in total. The molecule has 0 atom stereocenters. The molecule has 0 unspecified atom stereocenters.